The van der Waals surface area contributed by atoms with E-state index in [1.807, 2.05) is 32.0 Å². The number of amides is 1. The SMILES string of the molecule is Cc1cc2nc(COC(=O)c3cccc(NC(=O)COc4c(C)cccc4C)c3C)cc(=O)n2o1. The summed E-state index contributed by atoms with van der Waals surface area (Å²) in [5.74, 6) is 0.261. The molecule has 2 aromatic heterocycles. The Labute approximate surface area is 201 Å². The highest BCUT2D eigenvalue weighted by Crippen LogP contribution is 2.23. The van der Waals surface area contributed by atoms with Crippen LogP contribution < -0.4 is 15.6 Å². The summed E-state index contributed by atoms with van der Waals surface area (Å²) >= 11 is 0. The number of nitrogens with one attached hydrogen (secondary N) is 1. The predicted octanol–water partition coefficient (Wildman–Crippen LogP) is 3.90. The van der Waals surface area contributed by atoms with Crippen molar-refractivity contribution in [2.45, 2.75) is 34.3 Å². The quantitative estimate of drug-likeness (QED) is 0.404. The van der Waals surface area contributed by atoms with Gasteiger partial charge in [0.15, 0.2) is 12.3 Å². The third kappa shape index (κ3) is 5.24. The number of anilines is 1. The van der Waals surface area contributed by atoms with E-state index >= 15 is 0 Å². The maximum Gasteiger partial charge on any atom is 0.338 e. The number of nitrogens with zero attached hydrogens (tertiary/aromatic N) is 2. The molecule has 0 fully saturated rings. The number of carbonyl (C=O) groups is 2. The minimum atomic E-state index is -0.601. The van der Waals surface area contributed by atoms with Crippen LogP contribution in [-0.2, 0) is 16.1 Å². The summed E-state index contributed by atoms with van der Waals surface area (Å²) in [5.41, 5.74) is 3.43. The molecule has 0 bridgehead atoms. The van der Waals surface area contributed by atoms with Gasteiger partial charge in [0.1, 0.15) is 18.1 Å². The fourth-order valence-electron chi connectivity index (χ4n) is 3.71. The summed E-state index contributed by atoms with van der Waals surface area (Å²) in [6.45, 7) is 6.90. The molecule has 4 rings (SSSR count). The zero-order valence-corrected chi connectivity index (χ0v) is 19.9. The van der Waals surface area contributed by atoms with Crippen LogP contribution in [-0.4, -0.2) is 28.0 Å². The van der Waals surface area contributed by atoms with Crippen LogP contribution in [0.5, 0.6) is 5.75 Å². The molecule has 4 aromatic rings. The van der Waals surface area contributed by atoms with Crippen molar-refractivity contribution in [1.82, 2.24) is 9.56 Å². The van der Waals surface area contributed by atoms with Gasteiger partial charge >= 0.3 is 5.97 Å². The summed E-state index contributed by atoms with van der Waals surface area (Å²) in [6, 6.07) is 13.6. The van der Waals surface area contributed by atoms with Crippen molar-refractivity contribution in [2.75, 3.05) is 11.9 Å². The van der Waals surface area contributed by atoms with E-state index in [1.54, 1.807) is 38.1 Å². The van der Waals surface area contributed by atoms with Crippen molar-refractivity contribution < 1.29 is 23.6 Å². The molecule has 1 N–H and O–H groups in total. The second-order valence-corrected chi connectivity index (χ2v) is 8.20. The molecule has 180 valence electrons. The van der Waals surface area contributed by atoms with E-state index in [9.17, 15) is 14.4 Å². The Morgan fingerprint density at radius 3 is 2.49 bits per heavy atom. The zero-order valence-electron chi connectivity index (χ0n) is 19.9. The molecular formula is C26H25N3O6. The maximum atomic E-state index is 12.7. The number of benzene rings is 2. The van der Waals surface area contributed by atoms with Crippen molar-refractivity contribution in [3.8, 4) is 5.75 Å². The Bertz CT molecular complexity index is 1460. The molecule has 2 aromatic carbocycles. The largest absolute Gasteiger partial charge is 0.483 e. The number of esters is 1. The van der Waals surface area contributed by atoms with Gasteiger partial charge in [-0.3, -0.25) is 9.59 Å². The van der Waals surface area contributed by atoms with Crippen LogP contribution in [0.15, 0.2) is 57.8 Å². The summed E-state index contributed by atoms with van der Waals surface area (Å²) in [5, 5.41) is 2.78. The third-order valence-corrected chi connectivity index (χ3v) is 5.46. The number of rotatable bonds is 7. The highest BCUT2D eigenvalue weighted by molar-refractivity contribution is 5.97. The Morgan fingerprint density at radius 2 is 1.74 bits per heavy atom. The number of aryl methyl sites for hydroxylation is 3. The topological polar surface area (TPSA) is 112 Å². The van der Waals surface area contributed by atoms with E-state index in [-0.39, 0.29) is 24.7 Å². The van der Waals surface area contributed by atoms with Gasteiger partial charge in [-0.15, -0.1) is 4.57 Å². The van der Waals surface area contributed by atoms with E-state index in [2.05, 4.69) is 10.3 Å². The van der Waals surface area contributed by atoms with Gasteiger partial charge in [-0.05, 0) is 56.5 Å². The van der Waals surface area contributed by atoms with Crippen LogP contribution in [0.2, 0.25) is 0 Å². The van der Waals surface area contributed by atoms with Gasteiger partial charge in [-0.1, -0.05) is 24.3 Å². The number of para-hydroxylation sites is 1. The molecule has 0 saturated carbocycles. The van der Waals surface area contributed by atoms with Crippen LogP contribution in [0.1, 0.15) is 38.5 Å². The van der Waals surface area contributed by atoms with Gasteiger partial charge in [0.05, 0.1) is 11.3 Å². The standard InChI is InChI=1S/C26H25N3O6/c1-15-7-5-8-16(2)25(15)33-14-23(30)28-21-10-6-9-20(18(21)4)26(32)34-13-19-12-24(31)29-22(27-19)11-17(3)35-29/h5-12H,13-14H2,1-4H3,(H,28,30). The fraction of sp³-hybridized carbons (Fsp3) is 0.231. The second kappa shape index (κ2) is 9.84. The smallest absolute Gasteiger partial charge is 0.338 e. The number of carbonyl (C=O) groups excluding carboxylic acids is 2. The number of hydrogen-bond acceptors (Lipinski definition) is 7. The van der Waals surface area contributed by atoms with Crippen molar-refractivity contribution in [3.63, 3.8) is 0 Å². The predicted molar refractivity (Wildman–Crippen MR) is 129 cm³/mol. The molecule has 0 radical (unpaired) electrons. The number of aromatic nitrogens is 2. The molecule has 0 aliphatic carbocycles. The lowest BCUT2D eigenvalue weighted by molar-refractivity contribution is -0.118. The average Bonchev–Trinajstić information content (AvgIpc) is 3.19. The summed E-state index contributed by atoms with van der Waals surface area (Å²) < 4.78 is 17.4. The molecule has 0 aliphatic heterocycles. The van der Waals surface area contributed by atoms with Gasteiger partial charge in [0, 0.05) is 17.8 Å². The molecule has 1 amide bonds. The molecule has 9 heteroatoms. The molecule has 0 aliphatic rings. The van der Waals surface area contributed by atoms with Gasteiger partial charge in [0.2, 0.25) is 0 Å². The van der Waals surface area contributed by atoms with Gasteiger partial charge < -0.3 is 19.3 Å². The van der Waals surface area contributed by atoms with Crippen LogP contribution in [0.25, 0.3) is 5.65 Å². The monoisotopic (exact) mass is 475 g/mol. The van der Waals surface area contributed by atoms with Crippen LogP contribution in [0.4, 0.5) is 5.69 Å². The van der Waals surface area contributed by atoms with E-state index in [0.717, 1.165) is 15.7 Å². The lowest BCUT2D eigenvalue weighted by Crippen LogP contribution is -2.21. The number of hydrogen-bond donors (Lipinski definition) is 1. The third-order valence-electron chi connectivity index (χ3n) is 5.46. The first-order valence-electron chi connectivity index (χ1n) is 11.0. The first-order valence-corrected chi connectivity index (χ1v) is 11.0. The van der Waals surface area contributed by atoms with Crippen LogP contribution >= 0.6 is 0 Å². The van der Waals surface area contributed by atoms with E-state index in [4.69, 9.17) is 14.0 Å². The molecule has 2 heterocycles. The summed E-state index contributed by atoms with van der Waals surface area (Å²) in [4.78, 5) is 41.6. The van der Waals surface area contributed by atoms with Crippen molar-refractivity contribution in [2.24, 2.45) is 0 Å². The zero-order chi connectivity index (χ0) is 25.1. The van der Waals surface area contributed by atoms with Crippen LogP contribution in [0.3, 0.4) is 0 Å². The number of fused-ring (bicyclic) bond motifs is 1. The Balaban J connectivity index is 1.41. The molecule has 35 heavy (non-hydrogen) atoms. The Morgan fingerprint density at radius 1 is 1.03 bits per heavy atom. The average molecular weight is 476 g/mol. The van der Waals surface area contributed by atoms with E-state index in [0.29, 0.717) is 34.1 Å². The highest BCUT2D eigenvalue weighted by Gasteiger charge is 2.16. The van der Waals surface area contributed by atoms with Crippen molar-refractivity contribution in [3.05, 3.63) is 92.6 Å². The van der Waals surface area contributed by atoms with Gasteiger partial charge in [-0.25, -0.2) is 9.78 Å². The minimum Gasteiger partial charge on any atom is -0.483 e. The van der Waals surface area contributed by atoms with Gasteiger partial charge in [0.25, 0.3) is 11.5 Å². The van der Waals surface area contributed by atoms with Crippen molar-refractivity contribution >= 4 is 23.2 Å². The second-order valence-electron chi connectivity index (χ2n) is 8.20. The normalized spacial score (nSPS) is 10.9. The number of ether oxygens (including phenoxy) is 2. The Kier molecular flexibility index (Phi) is 6.68. The highest BCUT2D eigenvalue weighted by atomic mass is 16.5. The molecule has 0 unspecified atom stereocenters. The van der Waals surface area contributed by atoms with E-state index in [1.165, 1.54) is 6.07 Å². The Hall–Kier alpha value is -4.40. The van der Waals surface area contributed by atoms with Crippen molar-refractivity contribution in [1.29, 1.82) is 0 Å². The van der Waals surface area contributed by atoms with E-state index < -0.39 is 11.5 Å². The molecular weight excluding hydrogens is 450 g/mol. The first kappa shape index (κ1) is 23.7. The molecule has 0 saturated heterocycles. The molecule has 0 spiro atoms. The summed E-state index contributed by atoms with van der Waals surface area (Å²) in [7, 11) is 0. The lowest BCUT2D eigenvalue weighted by atomic mass is 10.1. The summed E-state index contributed by atoms with van der Waals surface area (Å²) in [6.07, 6.45) is 0. The lowest BCUT2D eigenvalue weighted by Gasteiger charge is -2.14. The molecule has 0 atom stereocenters. The fourth-order valence-corrected chi connectivity index (χ4v) is 3.71. The first-order chi connectivity index (χ1) is 16.7. The minimum absolute atomic E-state index is 0.170. The van der Waals surface area contributed by atoms with Crippen LogP contribution in [0, 0.1) is 27.7 Å². The van der Waals surface area contributed by atoms with Gasteiger partial charge in [-0.2, -0.15) is 0 Å². The molecule has 9 nitrogen and oxygen atoms in total. The maximum absolute atomic E-state index is 12.7.